The Morgan fingerprint density at radius 1 is 1.50 bits per heavy atom. The van der Waals surface area contributed by atoms with Gasteiger partial charge in [-0.3, -0.25) is 0 Å². The number of aliphatic hydroxyl groups is 1. The second-order valence-corrected chi connectivity index (χ2v) is 9.54. The van der Waals surface area contributed by atoms with Gasteiger partial charge in [-0.25, -0.2) is 17.8 Å². The largest absolute Gasteiger partial charge is 0.470 e. The molecule has 1 aliphatic carbocycles. The lowest BCUT2D eigenvalue weighted by Crippen LogP contribution is -2.49. The number of ether oxygens (including phenoxy) is 1. The van der Waals surface area contributed by atoms with Gasteiger partial charge in [0.15, 0.2) is 0 Å². The average molecular weight is 413 g/mol. The van der Waals surface area contributed by atoms with E-state index < -0.39 is 33.9 Å². The molecule has 0 radical (unpaired) electrons. The van der Waals surface area contributed by atoms with Crippen LogP contribution in [0.15, 0.2) is 6.20 Å². The number of hydrogen-bond donors (Lipinski definition) is 2. The van der Waals surface area contributed by atoms with Crippen molar-refractivity contribution in [1.29, 1.82) is 5.26 Å². The molecule has 4 atom stereocenters. The Labute approximate surface area is 163 Å². The molecular weight excluding hydrogens is 389 g/mol. The molecule has 11 heteroatoms. The molecule has 2 N–H and O–H groups in total. The number of sulfonamides is 1. The molecule has 0 amide bonds. The normalized spacial score (nSPS) is 31.3. The maximum atomic E-state index is 14.4. The van der Waals surface area contributed by atoms with Gasteiger partial charge >= 0.3 is 0 Å². The van der Waals surface area contributed by atoms with E-state index in [1.807, 2.05) is 6.07 Å². The van der Waals surface area contributed by atoms with Crippen molar-refractivity contribution in [3.63, 3.8) is 0 Å². The van der Waals surface area contributed by atoms with E-state index in [-0.39, 0.29) is 36.9 Å². The van der Waals surface area contributed by atoms with Crippen LogP contribution in [0.3, 0.4) is 0 Å². The number of anilines is 1. The number of halogens is 1. The van der Waals surface area contributed by atoms with E-state index in [2.05, 4.69) is 15.3 Å². The van der Waals surface area contributed by atoms with Crippen molar-refractivity contribution in [2.45, 2.75) is 56.5 Å². The zero-order valence-electron chi connectivity index (χ0n) is 15.8. The predicted molar refractivity (Wildman–Crippen MR) is 99.0 cm³/mol. The number of piperidine rings is 1. The zero-order valence-corrected chi connectivity index (χ0v) is 16.6. The molecule has 2 fully saturated rings. The summed E-state index contributed by atoms with van der Waals surface area (Å²) in [7, 11) is -3.44. The third-order valence-electron chi connectivity index (χ3n) is 5.26. The van der Waals surface area contributed by atoms with Gasteiger partial charge in [-0.1, -0.05) is 0 Å². The molecule has 0 unspecified atom stereocenters. The molecule has 0 aromatic carbocycles. The third-order valence-corrected chi connectivity index (χ3v) is 6.53. The van der Waals surface area contributed by atoms with E-state index in [9.17, 15) is 23.2 Å². The molecule has 1 aromatic heterocycles. The fraction of sp³-hybridized carbons (Fsp3) is 0.706. The Morgan fingerprint density at radius 2 is 2.25 bits per heavy atom. The van der Waals surface area contributed by atoms with Crippen molar-refractivity contribution in [1.82, 2.24) is 14.3 Å². The molecule has 28 heavy (non-hydrogen) atoms. The smallest absolute Gasteiger partial charge is 0.236 e. The highest BCUT2D eigenvalue weighted by molar-refractivity contribution is 7.88. The Kier molecular flexibility index (Phi) is 5.74. The van der Waals surface area contributed by atoms with Gasteiger partial charge in [0, 0.05) is 13.1 Å². The third kappa shape index (κ3) is 4.51. The van der Waals surface area contributed by atoms with Gasteiger partial charge in [-0.2, -0.15) is 14.6 Å². The van der Waals surface area contributed by atoms with E-state index in [1.165, 1.54) is 6.20 Å². The molecule has 9 nitrogen and oxygen atoms in total. The Bertz CT molecular complexity index is 873. The van der Waals surface area contributed by atoms with Crippen molar-refractivity contribution >= 4 is 16.0 Å². The van der Waals surface area contributed by atoms with Gasteiger partial charge in [-0.05, 0) is 32.6 Å². The molecule has 0 bridgehead atoms. The van der Waals surface area contributed by atoms with Gasteiger partial charge in [0.2, 0.25) is 21.9 Å². The van der Waals surface area contributed by atoms with Crippen LogP contribution in [0.5, 0.6) is 5.88 Å². The first-order chi connectivity index (χ1) is 13.1. The van der Waals surface area contributed by atoms with Crippen LogP contribution in [0.25, 0.3) is 0 Å². The lowest BCUT2D eigenvalue weighted by Gasteiger charge is -2.33. The Morgan fingerprint density at radius 3 is 2.82 bits per heavy atom. The number of nitrogens with zero attached hydrogens (tertiary/aromatic N) is 4. The van der Waals surface area contributed by atoms with Crippen LogP contribution in [0.1, 0.15) is 38.2 Å². The molecule has 1 aromatic rings. The lowest BCUT2D eigenvalue weighted by atomic mass is 10.0. The maximum Gasteiger partial charge on any atom is 0.236 e. The quantitative estimate of drug-likeness (QED) is 0.726. The highest BCUT2D eigenvalue weighted by atomic mass is 32.2. The zero-order chi connectivity index (χ0) is 20.5. The van der Waals surface area contributed by atoms with Crippen molar-refractivity contribution < 1.29 is 22.7 Å². The van der Waals surface area contributed by atoms with Crippen molar-refractivity contribution in [2.24, 2.45) is 0 Å². The minimum absolute atomic E-state index is 0.0381. The SMILES string of the molecule is C[C@@]1(O)CCC[C@H]1Oc1nc(N[C@@H]2CCN(S(C)(=O)=O)C[C@H]2F)ncc1C#N. The second-order valence-electron chi connectivity index (χ2n) is 7.56. The molecule has 2 heterocycles. The number of rotatable bonds is 5. The first-order valence-electron chi connectivity index (χ1n) is 9.12. The van der Waals surface area contributed by atoms with Crippen LogP contribution in [-0.4, -0.2) is 71.1 Å². The molecule has 1 saturated carbocycles. The van der Waals surface area contributed by atoms with E-state index in [4.69, 9.17) is 4.74 Å². The van der Waals surface area contributed by atoms with E-state index in [0.29, 0.717) is 12.8 Å². The van der Waals surface area contributed by atoms with Crippen molar-refractivity contribution in [3.05, 3.63) is 11.8 Å². The van der Waals surface area contributed by atoms with Crippen LogP contribution >= 0.6 is 0 Å². The summed E-state index contributed by atoms with van der Waals surface area (Å²) in [4.78, 5) is 8.22. The molecule has 1 aliphatic heterocycles. The van der Waals surface area contributed by atoms with Gasteiger partial charge in [0.25, 0.3) is 0 Å². The summed E-state index contributed by atoms with van der Waals surface area (Å²) in [6.45, 7) is 1.64. The lowest BCUT2D eigenvalue weighted by molar-refractivity contribution is -0.0271. The average Bonchev–Trinajstić information content (AvgIpc) is 2.94. The fourth-order valence-corrected chi connectivity index (χ4v) is 4.40. The van der Waals surface area contributed by atoms with E-state index >= 15 is 0 Å². The van der Waals surface area contributed by atoms with E-state index in [0.717, 1.165) is 17.0 Å². The van der Waals surface area contributed by atoms with Crippen molar-refractivity contribution in [3.8, 4) is 11.9 Å². The maximum absolute atomic E-state index is 14.4. The van der Waals surface area contributed by atoms with Gasteiger partial charge < -0.3 is 15.2 Å². The molecule has 3 rings (SSSR count). The summed E-state index contributed by atoms with van der Waals surface area (Å²) in [5.41, 5.74) is -0.884. The number of nitrogens with one attached hydrogen (secondary N) is 1. The van der Waals surface area contributed by atoms with Gasteiger partial charge in [0.05, 0.1) is 24.1 Å². The minimum atomic E-state index is -3.44. The monoisotopic (exact) mass is 413 g/mol. The highest BCUT2D eigenvalue weighted by Gasteiger charge is 2.39. The standard InChI is InChI=1S/C17H24FN5O4S/c1-17(24)6-3-4-14(17)27-15-11(8-19)9-20-16(22-15)21-13-5-7-23(10-12(13)18)28(2,25)26/h9,12-14,24H,3-7,10H2,1-2H3,(H,20,21,22)/t12-,13-,14-,17-/m1/s1. The molecular formula is C17H24FN5O4S. The van der Waals surface area contributed by atoms with Crippen LogP contribution < -0.4 is 10.1 Å². The summed E-state index contributed by atoms with van der Waals surface area (Å²) in [6.07, 6.45) is 2.71. The molecule has 154 valence electrons. The first kappa shape index (κ1) is 20.7. The topological polar surface area (TPSA) is 128 Å². The highest BCUT2D eigenvalue weighted by Crippen LogP contribution is 2.33. The number of alkyl halides is 1. The summed E-state index contributed by atoms with van der Waals surface area (Å²) in [5, 5.41) is 22.5. The van der Waals surface area contributed by atoms with Crippen molar-refractivity contribution in [2.75, 3.05) is 24.7 Å². The van der Waals surface area contributed by atoms with Crippen LogP contribution in [0.2, 0.25) is 0 Å². The van der Waals surface area contributed by atoms with Crippen LogP contribution in [0.4, 0.5) is 10.3 Å². The molecule has 0 spiro atoms. The fourth-order valence-electron chi connectivity index (χ4n) is 3.55. The minimum Gasteiger partial charge on any atom is -0.470 e. The first-order valence-corrected chi connectivity index (χ1v) is 11.0. The van der Waals surface area contributed by atoms with E-state index in [1.54, 1.807) is 6.92 Å². The molecule has 1 saturated heterocycles. The Hall–Kier alpha value is -2.03. The predicted octanol–water partition coefficient (Wildman–Crippen LogP) is 0.814. The number of hydrogen-bond acceptors (Lipinski definition) is 8. The van der Waals surface area contributed by atoms with Crippen LogP contribution in [-0.2, 0) is 10.0 Å². The number of aromatic nitrogens is 2. The summed E-state index contributed by atoms with van der Waals surface area (Å²) < 4.78 is 44.5. The molecule has 2 aliphatic rings. The summed E-state index contributed by atoms with van der Waals surface area (Å²) >= 11 is 0. The number of nitriles is 1. The second kappa shape index (κ2) is 7.77. The summed E-state index contributed by atoms with van der Waals surface area (Å²) in [5.74, 6) is 0.128. The van der Waals surface area contributed by atoms with Crippen LogP contribution in [0, 0.1) is 11.3 Å². The summed E-state index contributed by atoms with van der Waals surface area (Å²) in [6, 6.07) is 1.29. The van der Waals surface area contributed by atoms with Gasteiger partial charge in [0.1, 0.15) is 23.9 Å². The van der Waals surface area contributed by atoms with Gasteiger partial charge in [-0.15, -0.1) is 0 Å². The Balaban J connectivity index is 1.72.